The zero-order valence-corrected chi connectivity index (χ0v) is 27.0. The maximum atomic E-state index is 14.8. The lowest BCUT2D eigenvalue weighted by Crippen LogP contribution is -2.58. The number of methoxy groups -OCH3 is 1. The van der Waals surface area contributed by atoms with Gasteiger partial charge in [0.05, 0.1) is 24.4 Å². The number of halogens is 1. The van der Waals surface area contributed by atoms with E-state index < -0.39 is 29.8 Å². The van der Waals surface area contributed by atoms with Crippen molar-refractivity contribution in [3.8, 4) is 34.1 Å². The van der Waals surface area contributed by atoms with Gasteiger partial charge in [0.2, 0.25) is 0 Å². The monoisotopic (exact) mass is 676 g/mol. The van der Waals surface area contributed by atoms with Crippen molar-refractivity contribution in [2.45, 2.75) is 25.1 Å². The van der Waals surface area contributed by atoms with Gasteiger partial charge in [0.15, 0.2) is 6.61 Å². The van der Waals surface area contributed by atoms with Crippen LogP contribution in [0.5, 0.6) is 17.2 Å². The summed E-state index contributed by atoms with van der Waals surface area (Å²) < 4.78 is 34.2. The highest BCUT2D eigenvalue weighted by Gasteiger charge is 2.35. The highest BCUT2D eigenvalue weighted by molar-refractivity contribution is 5.98. The molecule has 4 aromatic carbocycles. The molecule has 12 nitrogen and oxygen atoms in total. The average molecular weight is 677 g/mol. The number of nitrogens with zero attached hydrogens (tertiary/aromatic N) is 4. The number of nitrogens with one attached hydrogen (secondary N) is 2. The molecule has 50 heavy (non-hydrogen) atoms. The molecule has 0 radical (unpaired) electrons. The first-order valence-electron chi connectivity index (χ1n) is 16.0. The van der Waals surface area contributed by atoms with Gasteiger partial charge in [0, 0.05) is 43.2 Å². The first-order chi connectivity index (χ1) is 24.3. The Morgan fingerprint density at radius 2 is 1.78 bits per heavy atom. The third-order valence-corrected chi connectivity index (χ3v) is 8.67. The third kappa shape index (κ3) is 6.97. The predicted octanol–water partition coefficient (Wildman–Crippen LogP) is 4.18. The molecule has 5 aromatic rings. The smallest absolute Gasteiger partial charge is 0.258 e. The summed E-state index contributed by atoms with van der Waals surface area (Å²) in [4.78, 5) is 42.3. The summed E-state index contributed by atoms with van der Waals surface area (Å²) in [6, 6.07) is 22.8. The van der Waals surface area contributed by atoms with E-state index >= 15 is 0 Å². The lowest BCUT2D eigenvalue weighted by Gasteiger charge is -2.39. The molecule has 2 atom stereocenters. The molecule has 1 fully saturated rings. The molecule has 2 aliphatic heterocycles. The van der Waals surface area contributed by atoms with Crippen LogP contribution in [-0.4, -0.2) is 76.3 Å². The summed E-state index contributed by atoms with van der Waals surface area (Å²) in [5.74, 6) is -0.372. The number of ether oxygens (including phenoxy) is 3. The van der Waals surface area contributed by atoms with Crippen LogP contribution in [0.15, 0.2) is 97.6 Å². The van der Waals surface area contributed by atoms with Crippen LogP contribution < -0.4 is 24.8 Å². The van der Waals surface area contributed by atoms with E-state index in [1.807, 2.05) is 12.1 Å². The summed E-state index contributed by atoms with van der Waals surface area (Å²) in [6.45, 7) is 0.211. The van der Waals surface area contributed by atoms with E-state index in [0.717, 1.165) is 0 Å². The minimum absolute atomic E-state index is 0.0400. The number of aromatic nitrogens is 3. The van der Waals surface area contributed by atoms with Crippen LogP contribution in [0.4, 0.5) is 4.39 Å². The van der Waals surface area contributed by atoms with Crippen LogP contribution in [0.25, 0.3) is 16.8 Å². The van der Waals surface area contributed by atoms with Gasteiger partial charge in [-0.05, 0) is 65.7 Å². The molecule has 1 aromatic heterocycles. The zero-order chi connectivity index (χ0) is 34.6. The summed E-state index contributed by atoms with van der Waals surface area (Å²) in [7, 11) is 1.54. The third-order valence-electron chi connectivity index (χ3n) is 8.67. The topological polar surface area (TPSA) is 137 Å². The van der Waals surface area contributed by atoms with Gasteiger partial charge < -0.3 is 29.7 Å². The van der Waals surface area contributed by atoms with Crippen LogP contribution in [0.2, 0.25) is 0 Å². The molecule has 0 spiro atoms. The number of amides is 3. The van der Waals surface area contributed by atoms with Crippen molar-refractivity contribution in [1.29, 1.82) is 0 Å². The normalized spacial score (nSPS) is 17.8. The Morgan fingerprint density at radius 1 is 0.940 bits per heavy atom. The molecule has 0 saturated carbocycles. The van der Waals surface area contributed by atoms with Crippen LogP contribution in [0.1, 0.15) is 32.7 Å². The summed E-state index contributed by atoms with van der Waals surface area (Å²) in [5.41, 5.74) is 3.23. The number of carbonyl (C=O) groups excluding carboxylic acids is 3. The molecule has 2 aliphatic rings. The number of carbonyl (C=O) groups is 3. The summed E-state index contributed by atoms with van der Waals surface area (Å²) >= 11 is 0. The van der Waals surface area contributed by atoms with Gasteiger partial charge in [-0.3, -0.25) is 19.0 Å². The average Bonchev–Trinajstić information content (AvgIpc) is 3.68. The molecule has 2 N–H and O–H groups in total. The van der Waals surface area contributed by atoms with Gasteiger partial charge in [-0.25, -0.2) is 4.39 Å². The van der Waals surface area contributed by atoms with Crippen LogP contribution in [0.3, 0.4) is 0 Å². The van der Waals surface area contributed by atoms with Gasteiger partial charge in [-0.1, -0.05) is 24.3 Å². The van der Waals surface area contributed by atoms with E-state index in [4.69, 9.17) is 14.2 Å². The summed E-state index contributed by atoms with van der Waals surface area (Å²) in [6.07, 6.45) is 2.76. The SMILES string of the molecule is COc1ccc2cc1-c1cccc(c1)OCC(=O)NCc1cc(F)cc(c1)O[C@@H]1CCN(C(=O)c3ccccc3-n3cnnc3)C[C@H]1NC2=O. The second-order valence-corrected chi connectivity index (χ2v) is 12.0. The summed E-state index contributed by atoms with van der Waals surface area (Å²) in [5, 5.41) is 13.6. The molecular weight excluding hydrogens is 643 g/mol. The van der Waals surface area contributed by atoms with Crippen molar-refractivity contribution in [3.05, 3.63) is 120 Å². The molecule has 3 amide bonds. The second-order valence-electron chi connectivity index (χ2n) is 12.0. The van der Waals surface area contributed by atoms with Crippen molar-refractivity contribution >= 4 is 17.7 Å². The highest BCUT2D eigenvalue weighted by atomic mass is 19.1. The fraction of sp³-hybridized carbons (Fsp3) is 0.216. The van der Waals surface area contributed by atoms with Crippen molar-refractivity contribution in [1.82, 2.24) is 30.3 Å². The maximum absolute atomic E-state index is 14.8. The van der Waals surface area contributed by atoms with E-state index in [2.05, 4.69) is 20.8 Å². The maximum Gasteiger partial charge on any atom is 0.258 e. The Kier molecular flexibility index (Phi) is 9.10. The second kappa shape index (κ2) is 14.1. The van der Waals surface area contributed by atoms with Crippen LogP contribution in [0, 0.1) is 5.82 Å². The van der Waals surface area contributed by atoms with Crippen LogP contribution >= 0.6 is 0 Å². The van der Waals surface area contributed by atoms with Crippen molar-refractivity contribution < 1.29 is 33.0 Å². The Labute approximate surface area is 286 Å². The molecule has 1 saturated heterocycles. The Bertz CT molecular complexity index is 2050. The lowest BCUT2D eigenvalue weighted by molar-refractivity contribution is -0.123. The number of benzene rings is 4. The number of likely N-dealkylation sites (tertiary alicyclic amines) is 1. The Hall–Kier alpha value is -6.24. The van der Waals surface area contributed by atoms with Gasteiger partial charge in [-0.2, -0.15) is 0 Å². The van der Waals surface area contributed by atoms with E-state index in [9.17, 15) is 18.8 Å². The minimum Gasteiger partial charge on any atom is -0.496 e. The molecule has 3 heterocycles. The quantitative estimate of drug-likeness (QED) is 0.291. The number of hydrogen-bond donors (Lipinski definition) is 2. The molecule has 6 bridgehead atoms. The molecular formula is C37H33FN6O6. The van der Waals surface area contributed by atoms with E-state index in [1.54, 1.807) is 77.2 Å². The van der Waals surface area contributed by atoms with E-state index in [1.165, 1.54) is 24.8 Å². The zero-order valence-electron chi connectivity index (χ0n) is 27.0. The van der Waals surface area contributed by atoms with Crippen molar-refractivity contribution in [2.24, 2.45) is 0 Å². The van der Waals surface area contributed by atoms with Gasteiger partial charge in [0.1, 0.15) is 41.8 Å². The number of fused-ring (bicyclic) bond motifs is 8. The standard InChI is InChI=1S/C37H33FN6O6/c1-48-33-10-9-25-16-30(33)24-5-4-6-27(15-24)49-20-35(45)39-18-23-13-26(38)17-28(14-23)50-34-11-12-43(19-31(34)42-36(25)46)37(47)29-7-2-3-8-32(29)44-21-40-41-22-44/h2-10,13-17,21-22,31,34H,11-12,18-20H2,1H3,(H,39,45)(H,42,46)/t31-,34-/m1/s1. The molecule has 0 unspecified atom stereocenters. The fourth-order valence-electron chi connectivity index (χ4n) is 6.22. The molecule has 254 valence electrons. The number of hydrogen-bond acceptors (Lipinski definition) is 8. The largest absolute Gasteiger partial charge is 0.496 e. The van der Waals surface area contributed by atoms with Gasteiger partial charge >= 0.3 is 0 Å². The van der Waals surface area contributed by atoms with E-state index in [-0.39, 0.29) is 31.4 Å². The van der Waals surface area contributed by atoms with Crippen LogP contribution in [-0.2, 0) is 11.3 Å². The van der Waals surface area contributed by atoms with Gasteiger partial charge in [-0.15, -0.1) is 10.2 Å². The minimum atomic E-state index is -0.682. The lowest BCUT2D eigenvalue weighted by atomic mass is 9.98. The Balaban J connectivity index is 1.24. The highest BCUT2D eigenvalue weighted by Crippen LogP contribution is 2.33. The first-order valence-corrected chi connectivity index (χ1v) is 16.0. The Morgan fingerprint density at radius 3 is 2.62 bits per heavy atom. The van der Waals surface area contributed by atoms with Crippen molar-refractivity contribution in [2.75, 3.05) is 26.8 Å². The first kappa shape index (κ1) is 32.3. The number of rotatable bonds is 3. The predicted molar refractivity (Wildman–Crippen MR) is 180 cm³/mol. The fourth-order valence-corrected chi connectivity index (χ4v) is 6.22. The number of piperidine rings is 1. The van der Waals surface area contributed by atoms with Crippen molar-refractivity contribution in [3.63, 3.8) is 0 Å². The number of para-hydroxylation sites is 1. The van der Waals surface area contributed by atoms with Gasteiger partial charge in [0.25, 0.3) is 17.7 Å². The molecule has 0 aliphatic carbocycles. The molecule has 7 rings (SSSR count). The molecule has 13 heteroatoms. The van der Waals surface area contributed by atoms with E-state index in [0.29, 0.717) is 58.0 Å².